The molecule has 180 valence electrons. The Bertz CT molecular complexity index is 1260. The molecule has 0 radical (unpaired) electrons. The molecule has 1 atom stereocenters. The second-order valence-electron chi connectivity index (χ2n) is 8.11. The summed E-state index contributed by atoms with van der Waals surface area (Å²) in [5, 5.41) is 2.97. The predicted octanol–water partition coefficient (Wildman–Crippen LogP) is 4.47. The topological polar surface area (TPSA) is 84.9 Å². The van der Waals surface area contributed by atoms with Crippen LogP contribution in [0.1, 0.15) is 40.0 Å². The lowest BCUT2D eigenvalue weighted by Crippen LogP contribution is -2.29. The number of aryl methyl sites for hydroxylation is 1. The van der Waals surface area contributed by atoms with Gasteiger partial charge in [-0.3, -0.25) is 9.10 Å². The van der Waals surface area contributed by atoms with Crippen LogP contribution in [-0.2, 0) is 16.6 Å². The van der Waals surface area contributed by atoms with Crippen LogP contribution in [0.25, 0.3) is 0 Å². The lowest BCUT2D eigenvalue weighted by atomic mass is 10.1. The molecule has 0 spiro atoms. The molecule has 0 bridgehead atoms. The number of amides is 1. The fourth-order valence-electron chi connectivity index (χ4n) is 3.65. The number of carbonyl (C=O) groups is 1. The Morgan fingerprint density at radius 3 is 2.29 bits per heavy atom. The van der Waals surface area contributed by atoms with Crippen molar-refractivity contribution in [2.24, 2.45) is 0 Å². The van der Waals surface area contributed by atoms with E-state index >= 15 is 0 Å². The number of hydrogen-bond acceptors (Lipinski definition) is 5. The summed E-state index contributed by atoms with van der Waals surface area (Å²) in [6, 6.07) is 19.4. The monoisotopic (exact) mass is 482 g/mol. The summed E-state index contributed by atoms with van der Waals surface area (Å²) in [6.45, 7) is 3.95. The van der Waals surface area contributed by atoms with Gasteiger partial charge < -0.3 is 14.8 Å². The largest absolute Gasteiger partial charge is 0.497 e. The Morgan fingerprint density at radius 2 is 1.71 bits per heavy atom. The lowest BCUT2D eigenvalue weighted by molar-refractivity contribution is 0.0939. The molecular weight excluding hydrogens is 452 g/mol. The number of anilines is 1. The SMILES string of the molecule is COc1ccc(OC)c([C@H](C)NC(=O)c2ccc(CN(c3cccc(C)c3)S(C)(=O)=O)cc2)c1. The van der Waals surface area contributed by atoms with Crippen molar-refractivity contribution in [3.63, 3.8) is 0 Å². The molecule has 34 heavy (non-hydrogen) atoms. The zero-order valence-electron chi connectivity index (χ0n) is 20.0. The second kappa shape index (κ2) is 10.6. The molecule has 7 nitrogen and oxygen atoms in total. The highest BCUT2D eigenvalue weighted by atomic mass is 32.2. The maximum atomic E-state index is 12.8. The highest BCUT2D eigenvalue weighted by Gasteiger charge is 2.19. The van der Waals surface area contributed by atoms with Gasteiger partial charge in [0.15, 0.2) is 0 Å². The molecule has 3 aromatic carbocycles. The van der Waals surface area contributed by atoms with Crippen LogP contribution in [0.15, 0.2) is 66.7 Å². The summed E-state index contributed by atoms with van der Waals surface area (Å²) >= 11 is 0. The number of hydrogen-bond donors (Lipinski definition) is 1. The predicted molar refractivity (Wildman–Crippen MR) is 134 cm³/mol. The number of ether oxygens (including phenoxy) is 2. The van der Waals surface area contributed by atoms with Crippen molar-refractivity contribution in [3.05, 3.63) is 89.0 Å². The third-order valence-corrected chi connectivity index (χ3v) is 6.62. The molecule has 1 amide bonds. The van der Waals surface area contributed by atoms with Crippen LogP contribution in [-0.4, -0.2) is 34.8 Å². The summed E-state index contributed by atoms with van der Waals surface area (Å²) in [7, 11) is -0.324. The third kappa shape index (κ3) is 6.08. The van der Waals surface area contributed by atoms with Crippen LogP contribution in [0.5, 0.6) is 11.5 Å². The van der Waals surface area contributed by atoms with Gasteiger partial charge in [0.05, 0.1) is 38.7 Å². The van der Waals surface area contributed by atoms with Crippen molar-refractivity contribution >= 4 is 21.6 Å². The van der Waals surface area contributed by atoms with Crippen LogP contribution >= 0.6 is 0 Å². The van der Waals surface area contributed by atoms with Crippen LogP contribution in [0.2, 0.25) is 0 Å². The van der Waals surface area contributed by atoms with Gasteiger partial charge in [-0.1, -0.05) is 24.3 Å². The first kappa shape index (κ1) is 25.1. The molecule has 0 heterocycles. The van der Waals surface area contributed by atoms with Gasteiger partial charge in [-0.2, -0.15) is 0 Å². The smallest absolute Gasteiger partial charge is 0.251 e. The minimum absolute atomic E-state index is 0.168. The highest BCUT2D eigenvalue weighted by Crippen LogP contribution is 2.29. The standard InChI is InChI=1S/C26H30N2O5S/c1-18-7-6-8-22(15-18)28(34(5,30)31)17-20-9-11-21(12-10-20)26(29)27-19(2)24-16-23(32-3)13-14-25(24)33-4/h6-16,19H,17H2,1-5H3,(H,27,29)/t19-/m0/s1. The first-order chi connectivity index (χ1) is 16.1. The van der Waals surface area contributed by atoms with Gasteiger partial charge in [0.2, 0.25) is 10.0 Å². The Kier molecular flexibility index (Phi) is 7.83. The molecule has 3 rings (SSSR count). The molecule has 0 aromatic heterocycles. The molecule has 3 aromatic rings. The van der Waals surface area contributed by atoms with Gasteiger partial charge in [0, 0.05) is 11.1 Å². The number of benzene rings is 3. The minimum atomic E-state index is -3.49. The van der Waals surface area contributed by atoms with E-state index in [-0.39, 0.29) is 18.5 Å². The number of sulfonamides is 1. The zero-order valence-corrected chi connectivity index (χ0v) is 20.8. The summed E-state index contributed by atoms with van der Waals surface area (Å²) < 4.78 is 36.9. The molecule has 0 aliphatic heterocycles. The quantitative estimate of drug-likeness (QED) is 0.486. The summed E-state index contributed by atoms with van der Waals surface area (Å²) in [5.74, 6) is 1.08. The fourth-order valence-corrected chi connectivity index (χ4v) is 4.53. The first-order valence-electron chi connectivity index (χ1n) is 10.8. The fraction of sp³-hybridized carbons (Fsp3) is 0.269. The maximum Gasteiger partial charge on any atom is 0.251 e. The van der Waals surface area contributed by atoms with Crippen molar-refractivity contribution in [2.75, 3.05) is 24.8 Å². The average molecular weight is 483 g/mol. The molecule has 0 fully saturated rings. The van der Waals surface area contributed by atoms with Crippen molar-refractivity contribution in [2.45, 2.75) is 26.4 Å². The van der Waals surface area contributed by atoms with Crippen molar-refractivity contribution in [1.82, 2.24) is 5.32 Å². The first-order valence-corrected chi connectivity index (χ1v) is 12.6. The molecule has 0 saturated carbocycles. The number of methoxy groups -OCH3 is 2. The van der Waals surface area contributed by atoms with E-state index in [2.05, 4.69) is 5.32 Å². The van der Waals surface area contributed by atoms with Gasteiger partial charge >= 0.3 is 0 Å². The second-order valence-corrected chi connectivity index (χ2v) is 10.0. The minimum Gasteiger partial charge on any atom is -0.497 e. The number of nitrogens with zero attached hydrogens (tertiary/aromatic N) is 1. The van der Waals surface area contributed by atoms with Crippen molar-refractivity contribution in [1.29, 1.82) is 0 Å². The normalized spacial score (nSPS) is 12.0. The van der Waals surface area contributed by atoms with E-state index < -0.39 is 10.0 Å². The van der Waals surface area contributed by atoms with E-state index in [1.807, 2.05) is 38.1 Å². The van der Waals surface area contributed by atoms with Gasteiger partial charge in [-0.15, -0.1) is 0 Å². The van der Waals surface area contributed by atoms with Gasteiger partial charge in [-0.05, 0) is 67.4 Å². The van der Waals surface area contributed by atoms with Crippen LogP contribution in [0, 0.1) is 6.92 Å². The summed E-state index contributed by atoms with van der Waals surface area (Å²) in [5.41, 5.74) is 3.61. The van der Waals surface area contributed by atoms with E-state index in [0.29, 0.717) is 22.7 Å². The van der Waals surface area contributed by atoms with Gasteiger partial charge in [0.1, 0.15) is 11.5 Å². The van der Waals surface area contributed by atoms with Crippen LogP contribution in [0.4, 0.5) is 5.69 Å². The Hall–Kier alpha value is -3.52. The maximum absolute atomic E-state index is 12.8. The lowest BCUT2D eigenvalue weighted by Gasteiger charge is -2.23. The van der Waals surface area contributed by atoms with Crippen molar-refractivity contribution in [3.8, 4) is 11.5 Å². The molecule has 0 unspecified atom stereocenters. The van der Waals surface area contributed by atoms with E-state index in [9.17, 15) is 13.2 Å². The van der Waals surface area contributed by atoms with Crippen LogP contribution in [0.3, 0.4) is 0 Å². The number of rotatable bonds is 9. The summed E-state index contributed by atoms with van der Waals surface area (Å²) in [6.07, 6.45) is 1.19. The van der Waals surface area contributed by atoms with Crippen LogP contribution < -0.4 is 19.1 Å². The molecular formula is C26H30N2O5S. The molecule has 0 aliphatic rings. The number of nitrogens with one attached hydrogen (secondary N) is 1. The highest BCUT2D eigenvalue weighted by molar-refractivity contribution is 7.92. The third-order valence-electron chi connectivity index (χ3n) is 5.48. The number of carbonyl (C=O) groups excluding carboxylic acids is 1. The van der Waals surface area contributed by atoms with E-state index in [1.165, 1.54) is 10.6 Å². The van der Waals surface area contributed by atoms with Gasteiger partial charge in [-0.25, -0.2) is 8.42 Å². The molecule has 0 aliphatic carbocycles. The van der Waals surface area contributed by atoms with E-state index in [1.54, 1.807) is 56.7 Å². The van der Waals surface area contributed by atoms with E-state index in [0.717, 1.165) is 16.7 Å². The van der Waals surface area contributed by atoms with Gasteiger partial charge in [0.25, 0.3) is 5.91 Å². The summed E-state index contributed by atoms with van der Waals surface area (Å²) in [4.78, 5) is 12.8. The Labute approximate surface area is 201 Å². The molecule has 8 heteroatoms. The molecule has 1 N–H and O–H groups in total. The molecule has 0 saturated heterocycles. The van der Waals surface area contributed by atoms with Crippen molar-refractivity contribution < 1.29 is 22.7 Å². The average Bonchev–Trinajstić information content (AvgIpc) is 2.81. The zero-order chi connectivity index (χ0) is 24.9. The Morgan fingerprint density at radius 1 is 1.00 bits per heavy atom. The van der Waals surface area contributed by atoms with E-state index in [4.69, 9.17) is 9.47 Å². The Balaban J connectivity index is 1.75.